The van der Waals surface area contributed by atoms with Gasteiger partial charge in [-0.25, -0.2) is 0 Å². The summed E-state index contributed by atoms with van der Waals surface area (Å²) < 4.78 is 15.3. The van der Waals surface area contributed by atoms with Gasteiger partial charge in [-0.1, -0.05) is 12.7 Å². The molecule has 3 nitrogen and oxygen atoms in total. The molecule has 0 aliphatic heterocycles. The van der Waals surface area contributed by atoms with E-state index < -0.39 is 0 Å². The standard InChI is InChI=1S/C13H22O3/c1-5-12(15-3)13(16-4)10-8-6-7-9-11-14-2/h5,8,10H,1,6-7,9,11H2,2-4H3/b10-8+,13-12-. The van der Waals surface area contributed by atoms with Gasteiger partial charge in [-0.05, 0) is 31.4 Å². The summed E-state index contributed by atoms with van der Waals surface area (Å²) in [6.45, 7) is 4.47. The first-order chi connectivity index (χ1) is 7.79. The maximum atomic E-state index is 5.19. The highest BCUT2D eigenvalue weighted by molar-refractivity contribution is 5.23. The number of hydrogen-bond acceptors (Lipinski definition) is 3. The van der Waals surface area contributed by atoms with E-state index >= 15 is 0 Å². The minimum Gasteiger partial charge on any atom is -0.493 e. The van der Waals surface area contributed by atoms with E-state index in [4.69, 9.17) is 14.2 Å². The first kappa shape index (κ1) is 14.8. The zero-order valence-corrected chi connectivity index (χ0v) is 10.5. The van der Waals surface area contributed by atoms with Crippen LogP contribution in [0.3, 0.4) is 0 Å². The van der Waals surface area contributed by atoms with Gasteiger partial charge in [-0.15, -0.1) is 0 Å². The van der Waals surface area contributed by atoms with Gasteiger partial charge in [0.15, 0.2) is 11.5 Å². The van der Waals surface area contributed by atoms with Crippen LogP contribution in [0.5, 0.6) is 0 Å². The van der Waals surface area contributed by atoms with E-state index in [1.54, 1.807) is 27.4 Å². The van der Waals surface area contributed by atoms with Gasteiger partial charge in [0.05, 0.1) is 14.2 Å². The molecule has 16 heavy (non-hydrogen) atoms. The summed E-state index contributed by atoms with van der Waals surface area (Å²) in [5, 5.41) is 0. The molecule has 0 saturated heterocycles. The Labute approximate surface area is 98.4 Å². The van der Waals surface area contributed by atoms with Crippen molar-refractivity contribution >= 4 is 0 Å². The van der Waals surface area contributed by atoms with E-state index in [2.05, 4.69) is 12.7 Å². The predicted molar refractivity (Wildman–Crippen MR) is 66.1 cm³/mol. The lowest BCUT2D eigenvalue weighted by Crippen LogP contribution is -1.92. The molecule has 0 unspecified atom stereocenters. The average Bonchev–Trinajstić information content (AvgIpc) is 2.32. The van der Waals surface area contributed by atoms with Crippen molar-refractivity contribution in [2.24, 2.45) is 0 Å². The summed E-state index contributed by atoms with van der Waals surface area (Å²) >= 11 is 0. The molecule has 0 fully saturated rings. The largest absolute Gasteiger partial charge is 0.493 e. The van der Waals surface area contributed by atoms with E-state index in [9.17, 15) is 0 Å². The Kier molecular flexibility index (Phi) is 9.52. The third-order valence-electron chi connectivity index (χ3n) is 2.11. The molecular weight excluding hydrogens is 204 g/mol. The lowest BCUT2D eigenvalue weighted by Gasteiger charge is -2.06. The second kappa shape index (κ2) is 10.3. The van der Waals surface area contributed by atoms with Crippen molar-refractivity contribution in [1.82, 2.24) is 0 Å². The molecule has 3 heteroatoms. The van der Waals surface area contributed by atoms with Gasteiger partial charge in [-0.2, -0.15) is 0 Å². The van der Waals surface area contributed by atoms with Crippen molar-refractivity contribution in [3.8, 4) is 0 Å². The van der Waals surface area contributed by atoms with Crippen molar-refractivity contribution in [2.75, 3.05) is 27.9 Å². The van der Waals surface area contributed by atoms with Crippen molar-refractivity contribution in [3.63, 3.8) is 0 Å². The zero-order chi connectivity index (χ0) is 12.2. The molecule has 0 rings (SSSR count). The number of hydrogen-bond donors (Lipinski definition) is 0. The number of unbranched alkanes of at least 4 members (excludes halogenated alkanes) is 2. The number of ether oxygens (including phenoxy) is 3. The summed E-state index contributed by atoms with van der Waals surface area (Å²) in [4.78, 5) is 0. The molecule has 0 heterocycles. The first-order valence-corrected chi connectivity index (χ1v) is 5.40. The van der Waals surface area contributed by atoms with Crippen LogP contribution in [0, 0.1) is 0 Å². The molecule has 0 aromatic carbocycles. The van der Waals surface area contributed by atoms with E-state index in [0.717, 1.165) is 25.9 Å². The number of allylic oxidation sites excluding steroid dienone is 3. The molecule has 0 amide bonds. The van der Waals surface area contributed by atoms with Crippen LogP contribution in [-0.2, 0) is 14.2 Å². The minimum absolute atomic E-state index is 0.649. The molecule has 0 bridgehead atoms. The molecule has 0 saturated carbocycles. The highest BCUT2D eigenvalue weighted by atomic mass is 16.5. The maximum Gasteiger partial charge on any atom is 0.160 e. The van der Waals surface area contributed by atoms with Crippen LogP contribution in [0.4, 0.5) is 0 Å². The first-order valence-electron chi connectivity index (χ1n) is 5.40. The number of methoxy groups -OCH3 is 3. The molecular formula is C13H22O3. The summed E-state index contributed by atoms with van der Waals surface area (Å²) in [6, 6.07) is 0. The van der Waals surface area contributed by atoms with Crippen molar-refractivity contribution in [1.29, 1.82) is 0 Å². The van der Waals surface area contributed by atoms with Crippen LogP contribution >= 0.6 is 0 Å². The van der Waals surface area contributed by atoms with Crippen LogP contribution in [0.25, 0.3) is 0 Å². The van der Waals surface area contributed by atoms with Gasteiger partial charge in [0.2, 0.25) is 0 Å². The van der Waals surface area contributed by atoms with Crippen LogP contribution in [-0.4, -0.2) is 27.9 Å². The Hall–Kier alpha value is -1.22. The van der Waals surface area contributed by atoms with Gasteiger partial charge < -0.3 is 14.2 Å². The predicted octanol–water partition coefficient (Wildman–Crippen LogP) is 3.05. The normalized spacial score (nSPS) is 12.4. The second-order valence-electron chi connectivity index (χ2n) is 3.23. The minimum atomic E-state index is 0.649. The van der Waals surface area contributed by atoms with E-state index in [1.807, 2.05) is 6.08 Å². The van der Waals surface area contributed by atoms with Crippen molar-refractivity contribution < 1.29 is 14.2 Å². The summed E-state index contributed by atoms with van der Waals surface area (Å²) in [7, 11) is 4.94. The Bertz CT molecular complexity index is 242. The van der Waals surface area contributed by atoms with Gasteiger partial charge in [-0.3, -0.25) is 0 Å². The monoisotopic (exact) mass is 226 g/mol. The van der Waals surface area contributed by atoms with E-state index in [0.29, 0.717) is 11.5 Å². The molecule has 0 aliphatic rings. The number of rotatable bonds is 9. The fraction of sp³-hybridized carbons (Fsp3) is 0.538. The zero-order valence-electron chi connectivity index (χ0n) is 10.5. The van der Waals surface area contributed by atoms with Crippen molar-refractivity contribution in [3.05, 3.63) is 36.3 Å². The van der Waals surface area contributed by atoms with E-state index in [-0.39, 0.29) is 0 Å². The highest BCUT2D eigenvalue weighted by Crippen LogP contribution is 2.10. The summed E-state index contributed by atoms with van der Waals surface area (Å²) in [5.41, 5.74) is 0. The molecule has 0 atom stereocenters. The molecule has 0 spiro atoms. The van der Waals surface area contributed by atoms with Gasteiger partial charge in [0.25, 0.3) is 0 Å². The summed E-state index contributed by atoms with van der Waals surface area (Å²) in [6.07, 6.45) is 8.80. The lowest BCUT2D eigenvalue weighted by molar-refractivity contribution is 0.193. The quantitative estimate of drug-likeness (QED) is 0.343. The van der Waals surface area contributed by atoms with Gasteiger partial charge >= 0.3 is 0 Å². The topological polar surface area (TPSA) is 27.7 Å². The fourth-order valence-electron chi connectivity index (χ4n) is 1.23. The van der Waals surface area contributed by atoms with Crippen LogP contribution in [0.1, 0.15) is 19.3 Å². The second-order valence-corrected chi connectivity index (χ2v) is 3.23. The van der Waals surface area contributed by atoms with Gasteiger partial charge in [0.1, 0.15) is 0 Å². The molecule has 0 N–H and O–H groups in total. The highest BCUT2D eigenvalue weighted by Gasteiger charge is 1.99. The third kappa shape index (κ3) is 6.30. The van der Waals surface area contributed by atoms with Crippen LogP contribution in [0.2, 0.25) is 0 Å². The lowest BCUT2D eigenvalue weighted by atomic mass is 10.2. The SMILES string of the molecule is C=C/C(OC)=C(\C=C\CCCCOC)OC. The fourth-order valence-corrected chi connectivity index (χ4v) is 1.23. The van der Waals surface area contributed by atoms with Gasteiger partial charge in [0, 0.05) is 13.7 Å². The Morgan fingerprint density at radius 2 is 1.75 bits per heavy atom. The Balaban J connectivity index is 4.06. The Morgan fingerprint density at radius 1 is 1.06 bits per heavy atom. The van der Waals surface area contributed by atoms with Crippen LogP contribution < -0.4 is 0 Å². The van der Waals surface area contributed by atoms with E-state index in [1.165, 1.54) is 0 Å². The van der Waals surface area contributed by atoms with Crippen LogP contribution in [0.15, 0.2) is 36.3 Å². The molecule has 0 aromatic rings. The smallest absolute Gasteiger partial charge is 0.160 e. The molecule has 92 valence electrons. The summed E-state index contributed by atoms with van der Waals surface area (Å²) in [5.74, 6) is 1.35. The molecule has 0 aromatic heterocycles. The molecule has 0 aliphatic carbocycles. The average molecular weight is 226 g/mol. The Morgan fingerprint density at radius 3 is 2.25 bits per heavy atom. The molecule has 0 radical (unpaired) electrons. The maximum absolute atomic E-state index is 5.19. The van der Waals surface area contributed by atoms with Crippen molar-refractivity contribution in [2.45, 2.75) is 19.3 Å². The third-order valence-corrected chi connectivity index (χ3v) is 2.11.